The fourth-order valence-corrected chi connectivity index (χ4v) is 4.22. The summed E-state index contributed by atoms with van der Waals surface area (Å²) in [6.45, 7) is 6.74. The second-order valence-corrected chi connectivity index (χ2v) is 9.56. The minimum atomic E-state index is -0.869. The number of likely N-dealkylation sites (tertiary alicyclic amines) is 1. The van der Waals surface area contributed by atoms with Crippen molar-refractivity contribution in [3.8, 4) is 0 Å². The minimum absolute atomic E-state index is 0.131. The lowest BCUT2D eigenvalue weighted by Crippen LogP contribution is -2.43. The number of likely N-dealkylation sites (N-methyl/N-ethyl adjacent to an activating group) is 1. The van der Waals surface area contributed by atoms with Crippen molar-refractivity contribution >= 4 is 17.3 Å². The molecule has 1 saturated heterocycles. The van der Waals surface area contributed by atoms with Crippen molar-refractivity contribution in [2.75, 3.05) is 40.0 Å². The predicted molar refractivity (Wildman–Crippen MR) is 158 cm³/mol. The zero-order chi connectivity index (χ0) is 29.7. The second-order valence-electron chi connectivity index (χ2n) is 9.56. The van der Waals surface area contributed by atoms with Gasteiger partial charge >= 0.3 is 0 Å². The summed E-state index contributed by atoms with van der Waals surface area (Å²) in [4.78, 5) is 19.6. The first-order valence-electron chi connectivity index (χ1n) is 13.1. The van der Waals surface area contributed by atoms with E-state index in [2.05, 4.69) is 16.9 Å². The number of rotatable bonds is 6. The van der Waals surface area contributed by atoms with Crippen LogP contribution in [0.3, 0.4) is 0 Å². The van der Waals surface area contributed by atoms with Gasteiger partial charge in [-0.1, -0.05) is 30.7 Å². The largest absolute Gasteiger partial charge is 0.398 e. The summed E-state index contributed by atoms with van der Waals surface area (Å²) in [5.74, 6) is -1.59. The summed E-state index contributed by atoms with van der Waals surface area (Å²) in [6.07, 6.45) is 7.98. The molecule has 214 valence electrons. The number of pyridine rings is 1. The molecule has 0 saturated carbocycles. The van der Waals surface area contributed by atoms with Gasteiger partial charge in [0, 0.05) is 50.4 Å². The molecular weight excluding hydrogens is 510 g/mol. The van der Waals surface area contributed by atoms with Gasteiger partial charge in [-0.3, -0.25) is 20.1 Å². The van der Waals surface area contributed by atoms with Gasteiger partial charge in [0.15, 0.2) is 0 Å². The number of carbonyl (C=O) groups excluding carboxylic acids is 1. The lowest BCUT2D eigenvalue weighted by atomic mass is 9.99. The molecular formula is C31H40F2N6O. The fourth-order valence-electron chi connectivity index (χ4n) is 4.22. The lowest BCUT2D eigenvalue weighted by Gasteiger charge is -2.35. The van der Waals surface area contributed by atoms with Gasteiger partial charge in [-0.15, -0.1) is 0 Å². The molecule has 2 heterocycles. The van der Waals surface area contributed by atoms with Crippen molar-refractivity contribution in [2.24, 2.45) is 0 Å². The molecule has 4 N–H and O–H groups in total. The smallest absolute Gasteiger partial charge is 0.244 e. The van der Waals surface area contributed by atoms with Crippen molar-refractivity contribution in [1.29, 1.82) is 5.41 Å². The van der Waals surface area contributed by atoms with Crippen LogP contribution in [0.4, 0.5) is 14.5 Å². The van der Waals surface area contributed by atoms with E-state index in [0.717, 1.165) is 36.0 Å². The maximum absolute atomic E-state index is 14.0. The molecule has 0 aliphatic carbocycles. The van der Waals surface area contributed by atoms with Crippen LogP contribution in [0.1, 0.15) is 47.6 Å². The van der Waals surface area contributed by atoms with Gasteiger partial charge in [0.25, 0.3) is 0 Å². The molecule has 1 atom stereocenters. The average Bonchev–Trinajstić information content (AvgIpc) is 2.97. The summed E-state index contributed by atoms with van der Waals surface area (Å²) in [5, 5.41) is 10.8. The van der Waals surface area contributed by atoms with Crippen LogP contribution >= 0.6 is 0 Å². The van der Waals surface area contributed by atoms with E-state index in [1.54, 1.807) is 32.7 Å². The van der Waals surface area contributed by atoms with Crippen molar-refractivity contribution < 1.29 is 13.6 Å². The van der Waals surface area contributed by atoms with E-state index in [-0.39, 0.29) is 11.5 Å². The summed E-state index contributed by atoms with van der Waals surface area (Å²) < 4.78 is 28.1. The third-order valence-electron chi connectivity index (χ3n) is 6.35. The monoisotopic (exact) mass is 550 g/mol. The highest BCUT2D eigenvalue weighted by molar-refractivity contribution is 6.13. The van der Waals surface area contributed by atoms with Crippen molar-refractivity contribution in [3.63, 3.8) is 0 Å². The van der Waals surface area contributed by atoms with Crippen LogP contribution in [-0.2, 0) is 4.79 Å². The molecule has 0 bridgehead atoms. The predicted octanol–water partition coefficient (Wildman–Crippen LogP) is 5.32. The van der Waals surface area contributed by atoms with Crippen molar-refractivity contribution in [3.05, 3.63) is 108 Å². The number of aryl methyl sites for hydroxylation is 1. The Balaban J connectivity index is 0.000000252. The average molecular weight is 551 g/mol. The van der Waals surface area contributed by atoms with Crippen molar-refractivity contribution in [2.45, 2.75) is 32.2 Å². The Kier molecular flexibility index (Phi) is 12.9. The zero-order valence-electron chi connectivity index (χ0n) is 23.8. The summed E-state index contributed by atoms with van der Waals surface area (Å²) in [5.41, 5.74) is 9.50. The van der Waals surface area contributed by atoms with E-state index in [1.807, 2.05) is 49.2 Å². The molecule has 3 aromatic rings. The van der Waals surface area contributed by atoms with Crippen LogP contribution in [0.2, 0.25) is 0 Å². The Morgan fingerprint density at radius 3 is 2.20 bits per heavy atom. The summed E-state index contributed by atoms with van der Waals surface area (Å²) in [7, 11) is 5.03. The van der Waals surface area contributed by atoms with E-state index in [1.165, 1.54) is 23.1 Å². The number of halogens is 2. The Hall–Kier alpha value is -4.11. The molecule has 4 rings (SSSR count). The van der Waals surface area contributed by atoms with Gasteiger partial charge in [0.1, 0.15) is 17.7 Å². The highest BCUT2D eigenvalue weighted by atomic mass is 19.1. The van der Waals surface area contributed by atoms with Gasteiger partial charge in [-0.05, 0) is 75.5 Å². The molecule has 0 radical (unpaired) electrons. The van der Waals surface area contributed by atoms with Crippen LogP contribution in [0.5, 0.6) is 0 Å². The number of nitrogens with one attached hydrogen (secondary N) is 2. The van der Waals surface area contributed by atoms with Crippen LogP contribution < -0.4 is 11.1 Å². The number of anilines is 1. The quantitative estimate of drug-likeness (QED) is 0.285. The van der Waals surface area contributed by atoms with E-state index >= 15 is 0 Å². The maximum Gasteiger partial charge on any atom is 0.244 e. The normalized spacial score (nSPS) is 13.4. The summed E-state index contributed by atoms with van der Waals surface area (Å²) in [6, 6.07) is 12.2. The van der Waals surface area contributed by atoms with Gasteiger partial charge < -0.3 is 16.0 Å². The molecule has 1 aliphatic rings. The SMILES string of the molecule is C=CNC.CN(C)C(=O)C(c1c(F)cccc1F)N1CCCCC1.Cc1ccc(N)c(C(=N)c2ccncc2)c1. The lowest BCUT2D eigenvalue weighted by molar-refractivity contribution is -0.135. The van der Waals surface area contributed by atoms with Gasteiger partial charge in [0.05, 0.1) is 11.3 Å². The van der Waals surface area contributed by atoms with Gasteiger partial charge in [-0.2, -0.15) is 0 Å². The van der Waals surface area contributed by atoms with Gasteiger partial charge in [0.2, 0.25) is 5.91 Å². The Labute approximate surface area is 236 Å². The molecule has 0 spiro atoms. The number of aromatic nitrogens is 1. The number of nitrogens with two attached hydrogens (primary N) is 1. The molecule has 1 aromatic heterocycles. The number of nitrogens with zero attached hydrogens (tertiary/aromatic N) is 3. The molecule has 1 amide bonds. The van der Waals surface area contributed by atoms with Crippen LogP contribution in [0.15, 0.2) is 73.7 Å². The standard InChI is InChI=1S/C15H20F2N2O.C13H13N3.C3H7N/c1-18(2)15(20)14(19-9-4-3-5-10-19)13-11(16)7-6-8-12(13)17;1-9-2-3-12(14)11(8-9)13(15)10-4-6-16-7-5-10;1-3-4-2/h6-8,14H,3-5,9-10H2,1-2H3;2-8,15H,14H2,1H3;3-4H,1H2,2H3. The Bertz CT molecular complexity index is 1240. The molecule has 1 unspecified atom stereocenters. The van der Waals surface area contributed by atoms with E-state index < -0.39 is 17.7 Å². The number of amides is 1. The number of hydrogen-bond donors (Lipinski definition) is 3. The highest BCUT2D eigenvalue weighted by Gasteiger charge is 2.34. The number of nitrogen functional groups attached to an aromatic ring is 1. The maximum atomic E-state index is 14.0. The van der Waals surface area contributed by atoms with Crippen LogP contribution in [0, 0.1) is 24.0 Å². The molecule has 2 aromatic carbocycles. The number of benzene rings is 2. The Morgan fingerprint density at radius 1 is 1.10 bits per heavy atom. The van der Waals surface area contributed by atoms with Crippen LogP contribution in [-0.4, -0.2) is 60.6 Å². The molecule has 7 nitrogen and oxygen atoms in total. The third-order valence-corrected chi connectivity index (χ3v) is 6.35. The number of carbonyl (C=O) groups is 1. The first-order chi connectivity index (χ1) is 19.1. The second kappa shape index (κ2) is 16.1. The fraction of sp³-hybridized carbons (Fsp3) is 0.323. The van der Waals surface area contributed by atoms with Crippen molar-refractivity contribution in [1.82, 2.24) is 20.1 Å². The van der Waals surface area contributed by atoms with E-state index in [9.17, 15) is 13.6 Å². The topological polar surface area (TPSA) is 98.3 Å². The first kappa shape index (κ1) is 32.1. The zero-order valence-corrected chi connectivity index (χ0v) is 23.8. The number of piperidine rings is 1. The number of hydrogen-bond acceptors (Lipinski definition) is 6. The highest BCUT2D eigenvalue weighted by Crippen LogP contribution is 2.30. The summed E-state index contributed by atoms with van der Waals surface area (Å²) >= 11 is 0. The van der Waals surface area contributed by atoms with E-state index in [4.69, 9.17) is 11.1 Å². The molecule has 9 heteroatoms. The third kappa shape index (κ3) is 8.98. The minimum Gasteiger partial charge on any atom is -0.398 e. The molecule has 40 heavy (non-hydrogen) atoms. The van der Waals surface area contributed by atoms with E-state index in [0.29, 0.717) is 24.5 Å². The molecule has 1 fully saturated rings. The Morgan fingerprint density at radius 2 is 1.68 bits per heavy atom. The first-order valence-corrected chi connectivity index (χ1v) is 13.1. The molecule has 1 aliphatic heterocycles. The van der Waals surface area contributed by atoms with Crippen LogP contribution in [0.25, 0.3) is 0 Å². The van der Waals surface area contributed by atoms with Gasteiger partial charge in [-0.25, -0.2) is 8.78 Å².